The normalized spacial score (nSPS) is 17.8. The Morgan fingerprint density at radius 3 is 2.42 bits per heavy atom. The van der Waals surface area contributed by atoms with Crippen molar-refractivity contribution in [1.82, 2.24) is 30.1 Å². The minimum absolute atomic E-state index is 0.223. The van der Waals surface area contributed by atoms with Crippen molar-refractivity contribution in [2.45, 2.75) is 30.6 Å². The number of rotatable bonds is 5. The molecule has 4 heterocycles. The van der Waals surface area contributed by atoms with E-state index in [4.69, 9.17) is 20.0 Å². The van der Waals surface area contributed by atoms with E-state index in [0.29, 0.717) is 36.5 Å². The van der Waals surface area contributed by atoms with Gasteiger partial charge in [-0.2, -0.15) is 4.98 Å². The number of anilines is 1. The van der Waals surface area contributed by atoms with Crippen molar-refractivity contribution in [3.8, 4) is 22.7 Å². The molecule has 4 aromatic rings. The molecule has 31 heavy (non-hydrogen) atoms. The Hall–Kier alpha value is -3.59. The third-order valence-electron chi connectivity index (χ3n) is 6.35. The summed E-state index contributed by atoms with van der Waals surface area (Å²) < 4.78 is 10.8. The quantitative estimate of drug-likeness (QED) is 0.509. The largest absolute Gasteiger partial charge is 0.380 e. The molecule has 0 radical (unpaired) electrons. The van der Waals surface area contributed by atoms with Crippen molar-refractivity contribution < 1.29 is 9.26 Å². The zero-order chi connectivity index (χ0) is 20.8. The fraction of sp³-hybridized carbons (Fsp3) is 0.318. The van der Waals surface area contributed by atoms with Gasteiger partial charge in [-0.3, -0.25) is 0 Å². The number of nitrogens with zero attached hydrogens (tertiary/aromatic N) is 5. The third kappa shape index (κ3) is 3.00. The van der Waals surface area contributed by atoms with Crippen molar-refractivity contribution >= 4 is 5.95 Å². The first kappa shape index (κ1) is 18.2. The van der Waals surface area contributed by atoms with Gasteiger partial charge >= 0.3 is 0 Å². The van der Waals surface area contributed by atoms with Crippen molar-refractivity contribution in [2.24, 2.45) is 0 Å². The molecule has 156 valence electrons. The summed E-state index contributed by atoms with van der Waals surface area (Å²) in [5.74, 6) is 2.65. The summed E-state index contributed by atoms with van der Waals surface area (Å²) in [5, 5.41) is 4.34. The Labute approximate surface area is 178 Å². The van der Waals surface area contributed by atoms with Gasteiger partial charge in [0.2, 0.25) is 5.95 Å². The molecule has 9 heteroatoms. The predicted molar refractivity (Wildman–Crippen MR) is 112 cm³/mol. The monoisotopic (exact) mass is 415 g/mol. The molecule has 1 aromatic carbocycles. The van der Waals surface area contributed by atoms with E-state index in [1.165, 1.54) is 5.56 Å². The van der Waals surface area contributed by atoms with Gasteiger partial charge in [0.15, 0.2) is 5.82 Å². The van der Waals surface area contributed by atoms with Gasteiger partial charge in [0.05, 0.1) is 24.5 Å². The van der Waals surface area contributed by atoms with Gasteiger partial charge in [-0.05, 0) is 24.0 Å². The first-order valence-corrected chi connectivity index (χ1v) is 10.4. The molecule has 6 rings (SSSR count). The summed E-state index contributed by atoms with van der Waals surface area (Å²) >= 11 is 0. The highest BCUT2D eigenvalue weighted by molar-refractivity contribution is 5.63. The van der Waals surface area contributed by atoms with E-state index in [1.807, 2.05) is 6.20 Å². The van der Waals surface area contributed by atoms with Crippen LogP contribution in [-0.4, -0.2) is 43.3 Å². The SMILES string of the molecule is Nc1ncc(-c2ccc(C3(c4noc(-c5c[nH]c(C6COC6)n5)n4)CCC3)cc2)cn1. The average Bonchev–Trinajstić information content (AvgIpc) is 3.38. The van der Waals surface area contributed by atoms with Crippen LogP contribution in [0.5, 0.6) is 0 Å². The Morgan fingerprint density at radius 2 is 1.77 bits per heavy atom. The van der Waals surface area contributed by atoms with E-state index in [1.54, 1.807) is 12.4 Å². The fourth-order valence-electron chi connectivity index (χ4n) is 4.21. The second-order valence-corrected chi connectivity index (χ2v) is 8.17. The second kappa shape index (κ2) is 6.98. The molecular weight excluding hydrogens is 394 g/mol. The Bertz CT molecular complexity index is 1210. The number of hydrogen-bond donors (Lipinski definition) is 2. The number of nitrogens with two attached hydrogens (primary N) is 1. The first-order valence-electron chi connectivity index (χ1n) is 10.4. The van der Waals surface area contributed by atoms with Crippen LogP contribution < -0.4 is 5.73 Å². The van der Waals surface area contributed by atoms with Crippen LogP contribution in [0.3, 0.4) is 0 Å². The summed E-state index contributed by atoms with van der Waals surface area (Å²) in [6, 6.07) is 8.41. The zero-order valence-electron chi connectivity index (χ0n) is 16.8. The maximum Gasteiger partial charge on any atom is 0.278 e. The summed E-state index contributed by atoms with van der Waals surface area (Å²) in [7, 11) is 0. The molecule has 0 bridgehead atoms. The molecule has 1 aliphatic heterocycles. The number of nitrogen functional groups attached to an aromatic ring is 1. The molecule has 0 spiro atoms. The van der Waals surface area contributed by atoms with Crippen molar-refractivity contribution in [3.05, 3.63) is 60.1 Å². The van der Waals surface area contributed by atoms with Crippen molar-refractivity contribution in [1.29, 1.82) is 0 Å². The first-order chi connectivity index (χ1) is 15.2. The average molecular weight is 415 g/mol. The van der Waals surface area contributed by atoms with Crippen molar-refractivity contribution in [2.75, 3.05) is 18.9 Å². The number of benzene rings is 1. The van der Waals surface area contributed by atoms with Crippen LogP contribution in [0.2, 0.25) is 0 Å². The molecule has 3 N–H and O–H groups in total. The number of ether oxygens (including phenoxy) is 1. The van der Waals surface area contributed by atoms with Crippen LogP contribution in [0.1, 0.15) is 42.4 Å². The van der Waals surface area contributed by atoms with E-state index in [9.17, 15) is 0 Å². The standard InChI is InChI=1S/C22H21N7O2/c23-21-25-8-14(9-26-21)13-2-4-16(5-3-13)22(6-1-7-22)20-28-19(31-29-20)17-10-24-18(27-17)15-11-30-12-15/h2-5,8-10,15H,1,6-7,11-12H2,(H,24,27)(H2,23,25,26). The van der Waals surface area contributed by atoms with Crippen LogP contribution >= 0.6 is 0 Å². The highest BCUT2D eigenvalue weighted by Gasteiger charge is 2.44. The van der Waals surface area contributed by atoms with Gasteiger partial charge in [0, 0.05) is 24.2 Å². The van der Waals surface area contributed by atoms with Gasteiger partial charge in [0.25, 0.3) is 5.89 Å². The Balaban J connectivity index is 1.28. The maximum absolute atomic E-state index is 5.60. The highest BCUT2D eigenvalue weighted by atomic mass is 16.5. The summed E-state index contributed by atoms with van der Waals surface area (Å²) in [5.41, 5.74) is 9.19. The smallest absolute Gasteiger partial charge is 0.278 e. The van der Waals surface area contributed by atoms with Crippen LogP contribution in [0.4, 0.5) is 5.95 Å². The number of hydrogen-bond acceptors (Lipinski definition) is 8. The highest BCUT2D eigenvalue weighted by Crippen LogP contribution is 2.48. The van der Waals surface area contributed by atoms with Gasteiger partial charge < -0.3 is 20.0 Å². The lowest BCUT2D eigenvalue weighted by molar-refractivity contribution is 0.00520. The van der Waals surface area contributed by atoms with Gasteiger partial charge in [-0.15, -0.1) is 0 Å². The topological polar surface area (TPSA) is 129 Å². The molecule has 2 aliphatic rings. The fourth-order valence-corrected chi connectivity index (χ4v) is 4.21. The molecule has 0 amide bonds. The number of aromatic amines is 1. The molecule has 0 atom stereocenters. The zero-order valence-corrected chi connectivity index (χ0v) is 16.8. The summed E-state index contributed by atoms with van der Waals surface area (Å²) in [6.07, 6.45) is 8.39. The third-order valence-corrected chi connectivity index (χ3v) is 6.35. The summed E-state index contributed by atoms with van der Waals surface area (Å²) in [6.45, 7) is 1.40. The second-order valence-electron chi connectivity index (χ2n) is 8.17. The lowest BCUT2D eigenvalue weighted by atomic mass is 9.64. The molecule has 3 aromatic heterocycles. The number of H-pyrrole nitrogens is 1. The molecule has 1 aliphatic carbocycles. The van der Waals surface area contributed by atoms with Gasteiger partial charge in [-0.1, -0.05) is 35.8 Å². The van der Waals surface area contributed by atoms with E-state index in [-0.39, 0.29) is 11.4 Å². The molecule has 0 unspecified atom stereocenters. The molecular formula is C22H21N7O2. The van der Waals surface area contributed by atoms with Gasteiger partial charge in [-0.25, -0.2) is 15.0 Å². The lowest BCUT2D eigenvalue weighted by Gasteiger charge is -2.39. The number of imidazole rings is 1. The Morgan fingerprint density at radius 1 is 1.00 bits per heavy atom. The lowest BCUT2D eigenvalue weighted by Crippen LogP contribution is -2.36. The minimum atomic E-state index is -0.223. The number of aromatic nitrogens is 6. The molecule has 2 fully saturated rings. The van der Waals surface area contributed by atoms with Crippen LogP contribution in [0, 0.1) is 0 Å². The predicted octanol–water partition coefficient (Wildman–Crippen LogP) is 3.08. The minimum Gasteiger partial charge on any atom is -0.380 e. The van der Waals surface area contributed by atoms with Crippen molar-refractivity contribution in [3.63, 3.8) is 0 Å². The summed E-state index contributed by atoms with van der Waals surface area (Å²) in [4.78, 5) is 20.7. The van der Waals surface area contributed by atoms with Gasteiger partial charge in [0.1, 0.15) is 11.5 Å². The Kier molecular flexibility index (Phi) is 4.10. The van der Waals surface area contributed by atoms with Crippen LogP contribution in [0.15, 0.2) is 47.4 Å². The van der Waals surface area contributed by atoms with E-state index in [0.717, 1.165) is 36.2 Å². The van der Waals surface area contributed by atoms with Crippen LogP contribution in [-0.2, 0) is 10.2 Å². The maximum atomic E-state index is 5.60. The molecule has 1 saturated carbocycles. The van der Waals surface area contributed by atoms with E-state index < -0.39 is 0 Å². The number of nitrogens with one attached hydrogen (secondary N) is 1. The van der Waals surface area contributed by atoms with E-state index in [2.05, 4.69) is 49.4 Å². The van der Waals surface area contributed by atoms with Crippen LogP contribution in [0.25, 0.3) is 22.7 Å². The van der Waals surface area contributed by atoms with E-state index >= 15 is 0 Å². The molecule has 9 nitrogen and oxygen atoms in total. The molecule has 1 saturated heterocycles.